The first-order valence-electron chi connectivity index (χ1n) is 6.15. The lowest BCUT2D eigenvalue weighted by Crippen LogP contribution is -1.97. The van der Waals surface area contributed by atoms with Crippen LogP contribution in [-0.4, -0.2) is 5.11 Å². The fourth-order valence-corrected chi connectivity index (χ4v) is 3.02. The summed E-state index contributed by atoms with van der Waals surface area (Å²) in [6, 6.07) is 15.9. The first-order chi connectivity index (χ1) is 9.38. The molecular formula is C16H14O2S. The fourth-order valence-electron chi connectivity index (χ4n) is 2.08. The number of ether oxygens (including phenoxy) is 1. The Morgan fingerprint density at radius 2 is 1.74 bits per heavy atom. The highest BCUT2D eigenvalue weighted by Crippen LogP contribution is 2.27. The summed E-state index contributed by atoms with van der Waals surface area (Å²) in [4.78, 5) is 0. The van der Waals surface area contributed by atoms with Crippen LogP contribution in [0.25, 0.3) is 10.1 Å². The van der Waals surface area contributed by atoms with E-state index in [1.54, 1.807) is 11.3 Å². The maximum atomic E-state index is 9.27. The van der Waals surface area contributed by atoms with Gasteiger partial charge in [-0.05, 0) is 22.9 Å². The minimum Gasteiger partial charge on any atom is -0.488 e. The summed E-state index contributed by atoms with van der Waals surface area (Å²) in [5, 5.41) is 12.6. The van der Waals surface area contributed by atoms with Crippen LogP contribution in [0.3, 0.4) is 0 Å². The predicted octanol–water partition coefficient (Wildman–Crippen LogP) is 3.97. The van der Waals surface area contributed by atoms with E-state index in [1.165, 1.54) is 15.6 Å². The van der Waals surface area contributed by atoms with Gasteiger partial charge in [-0.25, -0.2) is 0 Å². The Morgan fingerprint density at radius 3 is 2.63 bits per heavy atom. The van der Waals surface area contributed by atoms with Crippen LogP contribution in [0, 0.1) is 0 Å². The summed E-state index contributed by atoms with van der Waals surface area (Å²) in [6.07, 6.45) is 0. The number of aliphatic hydroxyl groups excluding tert-OH is 1. The van der Waals surface area contributed by atoms with Gasteiger partial charge in [0, 0.05) is 15.8 Å². The number of hydrogen-bond acceptors (Lipinski definition) is 3. The van der Waals surface area contributed by atoms with Gasteiger partial charge in [0.25, 0.3) is 0 Å². The van der Waals surface area contributed by atoms with E-state index < -0.39 is 0 Å². The van der Waals surface area contributed by atoms with Crippen molar-refractivity contribution in [1.82, 2.24) is 0 Å². The zero-order valence-electron chi connectivity index (χ0n) is 10.4. The van der Waals surface area contributed by atoms with Crippen molar-refractivity contribution < 1.29 is 9.84 Å². The van der Waals surface area contributed by atoms with Crippen LogP contribution < -0.4 is 4.74 Å². The molecule has 3 heteroatoms. The summed E-state index contributed by atoms with van der Waals surface area (Å²) in [7, 11) is 0. The van der Waals surface area contributed by atoms with E-state index >= 15 is 0 Å². The number of aliphatic hydroxyl groups is 1. The zero-order valence-corrected chi connectivity index (χ0v) is 11.2. The van der Waals surface area contributed by atoms with Crippen molar-refractivity contribution in [3.63, 3.8) is 0 Å². The molecule has 1 N–H and O–H groups in total. The minimum absolute atomic E-state index is 0.000554. The Morgan fingerprint density at radius 1 is 0.947 bits per heavy atom. The molecule has 0 saturated carbocycles. The van der Waals surface area contributed by atoms with Gasteiger partial charge in [-0.1, -0.05) is 36.4 Å². The monoisotopic (exact) mass is 270 g/mol. The SMILES string of the molecule is OCc1ccccc1OCc1csc2ccccc12. The second kappa shape index (κ2) is 5.43. The smallest absolute Gasteiger partial charge is 0.125 e. The quantitative estimate of drug-likeness (QED) is 0.777. The van der Waals surface area contributed by atoms with Crippen LogP contribution in [0.15, 0.2) is 53.9 Å². The van der Waals surface area contributed by atoms with Crippen molar-refractivity contribution in [3.8, 4) is 5.75 Å². The van der Waals surface area contributed by atoms with Crippen LogP contribution >= 0.6 is 11.3 Å². The third-order valence-corrected chi connectivity index (χ3v) is 4.10. The van der Waals surface area contributed by atoms with Crippen molar-refractivity contribution >= 4 is 21.4 Å². The van der Waals surface area contributed by atoms with E-state index in [9.17, 15) is 5.11 Å². The molecule has 0 aliphatic carbocycles. The summed E-state index contributed by atoms with van der Waals surface area (Å²) in [5.41, 5.74) is 2.01. The summed E-state index contributed by atoms with van der Waals surface area (Å²) >= 11 is 1.73. The summed E-state index contributed by atoms with van der Waals surface area (Å²) in [5.74, 6) is 0.750. The standard InChI is InChI=1S/C16H14O2S/c17-9-12-5-1-3-7-15(12)18-10-13-11-19-16-8-4-2-6-14(13)16/h1-8,11,17H,9-10H2. The second-order valence-corrected chi connectivity index (χ2v) is 5.22. The van der Waals surface area contributed by atoms with E-state index in [2.05, 4.69) is 17.5 Å². The molecule has 2 aromatic carbocycles. The Labute approximate surface area is 115 Å². The maximum absolute atomic E-state index is 9.27. The van der Waals surface area contributed by atoms with Gasteiger partial charge in [-0.2, -0.15) is 0 Å². The second-order valence-electron chi connectivity index (χ2n) is 4.31. The lowest BCUT2D eigenvalue weighted by molar-refractivity contribution is 0.259. The molecule has 0 aliphatic rings. The van der Waals surface area contributed by atoms with Gasteiger partial charge in [0.2, 0.25) is 0 Å². The molecule has 0 radical (unpaired) electrons. The van der Waals surface area contributed by atoms with Crippen LogP contribution in [0.4, 0.5) is 0 Å². The Bertz CT molecular complexity index is 688. The molecular weight excluding hydrogens is 256 g/mol. The molecule has 0 bridgehead atoms. The van der Waals surface area contributed by atoms with Crippen molar-refractivity contribution in [2.24, 2.45) is 0 Å². The van der Waals surface area contributed by atoms with Crippen LogP contribution in [0.1, 0.15) is 11.1 Å². The average molecular weight is 270 g/mol. The molecule has 2 nitrogen and oxygen atoms in total. The van der Waals surface area contributed by atoms with E-state index in [-0.39, 0.29) is 6.61 Å². The third kappa shape index (κ3) is 2.48. The van der Waals surface area contributed by atoms with Gasteiger partial charge in [0.05, 0.1) is 6.61 Å². The van der Waals surface area contributed by atoms with Crippen molar-refractivity contribution in [2.45, 2.75) is 13.2 Å². The normalized spacial score (nSPS) is 10.8. The molecule has 0 spiro atoms. The maximum Gasteiger partial charge on any atom is 0.125 e. The number of thiophene rings is 1. The molecule has 0 amide bonds. The molecule has 1 heterocycles. The van der Waals surface area contributed by atoms with E-state index in [0.717, 1.165) is 11.3 Å². The molecule has 1 aromatic heterocycles. The molecule has 0 saturated heterocycles. The molecule has 96 valence electrons. The number of para-hydroxylation sites is 1. The van der Waals surface area contributed by atoms with Crippen LogP contribution in [-0.2, 0) is 13.2 Å². The average Bonchev–Trinajstić information content (AvgIpc) is 2.89. The largest absolute Gasteiger partial charge is 0.488 e. The Hall–Kier alpha value is -1.84. The van der Waals surface area contributed by atoms with Crippen LogP contribution in [0.2, 0.25) is 0 Å². The van der Waals surface area contributed by atoms with Gasteiger partial charge in [0.15, 0.2) is 0 Å². The highest BCUT2D eigenvalue weighted by Gasteiger charge is 2.06. The first-order valence-corrected chi connectivity index (χ1v) is 7.03. The Balaban J connectivity index is 1.82. The molecule has 19 heavy (non-hydrogen) atoms. The van der Waals surface area contributed by atoms with Gasteiger partial charge in [0.1, 0.15) is 12.4 Å². The van der Waals surface area contributed by atoms with Crippen molar-refractivity contribution in [3.05, 3.63) is 65.0 Å². The lowest BCUT2D eigenvalue weighted by Gasteiger charge is -2.09. The number of rotatable bonds is 4. The van der Waals surface area contributed by atoms with Gasteiger partial charge in [-0.15, -0.1) is 11.3 Å². The Kier molecular flexibility index (Phi) is 3.49. The molecule has 0 unspecified atom stereocenters. The van der Waals surface area contributed by atoms with Gasteiger partial charge in [-0.3, -0.25) is 0 Å². The number of hydrogen-bond donors (Lipinski definition) is 1. The predicted molar refractivity (Wildman–Crippen MR) is 78.5 cm³/mol. The number of benzene rings is 2. The topological polar surface area (TPSA) is 29.5 Å². The molecule has 3 aromatic rings. The van der Waals surface area contributed by atoms with E-state index in [0.29, 0.717) is 6.61 Å². The third-order valence-electron chi connectivity index (χ3n) is 3.09. The van der Waals surface area contributed by atoms with Crippen molar-refractivity contribution in [1.29, 1.82) is 0 Å². The first kappa shape index (κ1) is 12.2. The summed E-state index contributed by atoms with van der Waals surface area (Å²) in [6.45, 7) is 0.529. The lowest BCUT2D eigenvalue weighted by atomic mass is 10.2. The zero-order chi connectivity index (χ0) is 13.1. The van der Waals surface area contributed by atoms with Gasteiger partial charge < -0.3 is 9.84 Å². The molecule has 0 atom stereocenters. The van der Waals surface area contributed by atoms with Crippen LogP contribution in [0.5, 0.6) is 5.75 Å². The minimum atomic E-state index is 0.000554. The highest BCUT2D eigenvalue weighted by atomic mass is 32.1. The van der Waals surface area contributed by atoms with E-state index in [1.807, 2.05) is 36.4 Å². The molecule has 0 fully saturated rings. The van der Waals surface area contributed by atoms with Gasteiger partial charge >= 0.3 is 0 Å². The van der Waals surface area contributed by atoms with Crippen molar-refractivity contribution in [2.75, 3.05) is 0 Å². The highest BCUT2D eigenvalue weighted by molar-refractivity contribution is 7.17. The molecule has 0 aliphatic heterocycles. The number of fused-ring (bicyclic) bond motifs is 1. The molecule has 3 rings (SSSR count). The van der Waals surface area contributed by atoms with E-state index in [4.69, 9.17) is 4.74 Å². The fraction of sp³-hybridized carbons (Fsp3) is 0.125. The summed E-state index contributed by atoms with van der Waals surface area (Å²) < 4.78 is 7.10.